The summed E-state index contributed by atoms with van der Waals surface area (Å²) in [5, 5.41) is 0. The van der Waals surface area contributed by atoms with Crippen LogP contribution in [0.5, 0.6) is 5.75 Å². The van der Waals surface area contributed by atoms with Gasteiger partial charge in [-0.1, -0.05) is 30.8 Å². The van der Waals surface area contributed by atoms with Gasteiger partial charge in [-0.15, -0.1) is 0 Å². The smallest absolute Gasteiger partial charge is 0.417 e. The van der Waals surface area contributed by atoms with Crippen molar-refractivity contribution in [2.45, 2.75) is 29.3 Å². The first-order chi connectivity index (χ1) is 9.94. The predicted molar refractivity (Wildman–Crippen MR) is 77.9 cm³/mol. The average molecular weight is 312 g/mol. The largest absolute Gasteiger partial charge is 0.497 e. The van der Waals surface area contributed by atoms with E-state index in [-0.39, 0.29) is 10.6 Å². The predicted octanol–water partition coefficient (Wildman–Crippen LogP) is 5.43. The minimum atomic E-state index is -4.40. The standard InChI is InChI=1S/C16H15F3OS/c1-3-11-4-7-13(8-5-11)21-15-9-6-12(20-2)10-14(15)16(17,18)19/h4-10H,3H2,1-2H3. The zero-order valence-corrected chi connectivity index (χ0v) is 12.5. The van der Waals surface area contributed by atoms with Gasteiger partial charge in [0.15, 0.2) is 0 Å². The molecule has 0 N–H and O–H groups in total. The lowest BCUT2D eigenvalue weighted by molar-refractivity contribution is -0.139. The number of halogens is 3. The summed E-state index contributed by atoms with van der Waals surface area (Å²) in [6.07, 6.45) is -3.50. The molecular formula is C16H15F3OS. The highest BCUT2D eigenvalue weighted by Crippen LogP contribution is 2.41. The van der Waals surface area contributed by atoms with Crippen LogP contribution in [-0.2, 0) is 12.6 Å². The van der Waals surface area contributed by atoms with Crippen LogP contribution in [0.3, 0.4) is 0 Å². The van der Waals surface area contributed by atoms with Crippen LogP contribution in [-0.4, -0.2) is 7.11 Å². The minimum Gasteiger partial charge on any atom is -0.497 e. The lowest BCUT2D eigenvalue weighted by Gasteiger charge is -2.14. The molecule has 0 heterocycles. The lowest BCUT2D eigenvalue weighted by Crippen LogP contribution is -2.07. The molecule has 0 aliphatic heterocycles. The molecule has 0 aliphatic rings. The van der Waals surface area contributed by atoms with E-state index >= 15 is 0 Å². The highest BCUT2D eigenvalue weighted by Gasteiger charge is 2.34. The highest BCUT2D eigenvalue weighted by atomic mass is 32.2. The van der Waals surface area contributed by atoms with E-state index in [4.69, 9.17) is 4.74 Å². The molecule has 112 valence electrons. The zero-order chi connectivity index (χ0) is 15.5. The molecule has 0 spiro atoms. The molecule has 0 atom stereocenters. The molecule has 0 amide bonds. The second-order valence-corrected chi connectivity index (χ2v) is 5.57. The van der Waals surface area contributed by atoms with Crippen molar-refractivity contribution in [3.63, 3.8) is 0 Å². The van der Waals surface area contributed by atoms with Crippen LogP contribution < -0.4 is 4.74 Å². The van der Waals surface area contributed by atoms with E-state index in [1.54, 1.807) is 0 Å². The van der Waals surface area contributed by atoms with Crippen LogP contribution in [0.25, 0.3) is 0 Å². The van der Waals surface area contributed by atoms with Crippen molar-refractivity contribution >= 4 is 11.8 Å². The number of hydrogen-bond acceptors (Lipinski definition) is 2. The summed E-state index contributed by atoms with van der Waals surface area (Å²) in [6.45, 7) is 2.04. The molecule has 0 aromatic heterocycles. The van der Waals surface area contributed by atoms with Crippen molar-refractivity contribution in [1.82, 2.24) is 0 Å². The first kappa shape index (κ1) is 15.8. The topological polar surface area (TPSA) is 9.23 Å². The Morgan fingerprint density at radius 1 is 1.05 bits per heavy atom. The monoisotopic (exact) mass is 312 g/mol. The van der Waals surface area contributed by atoms with Crippen molar-refractivity contribution < 1.29 is 17.9 Å². The maximum absolute atomic E-state index is 13.1. The summed E-state index contributed by atoms with van der Waals surface area (Å²) < 4.78 is 44.2. The molecule has 2 aromatic rings. The Labute approximate surface area is 126 Å². The summed E-state index contributed by atoms with van der Waals surface area (Å²) in [5.41, 5.74) is 0.483. The van der Waals surface area contributed by atoms with Gasteiger partial charge in [0.2, 0.25) is 0 Å². The second kappa shape index (κ2) is 6.43. The maximum Gasteiger partial charge on any atom is 0.417 e. The van der Waals surface area contributed by atoms with Crippen LogP contribution in [0, 0.1) is 0 Å². The summed E-state index contributed by atoms with van der Waals surface area (Å²) in [5.74, 6) is 0.202. The van der Waals surface area contributed by atoms with E-state index in [9.17, 15) is 13.2 Å². The summed E-state index contributed by atoms with van der Waals surface area (Å²) in [7, 11) is 1.35. The van der Waals surface area contributed by atoms with E-state index < -0.39 is 11.7 Å². The molecule has 2 aromatic carbocycles. The molecule has 0 aliphatic carbocycles. The highest BCUT2D eigenvalue weighted by molar-refractivity contribution is 7.99. The number of alkyl halides is 3. The van der Waals surface area contributed by atoms with Crippen molar-refractivity contribution in [2.24, 2.45) is 0 Å². The first-order valence-corrected chi connectivity index (χ1v) is 7.27. The third-order valence-electron chi connectivity index (χ3n) is 3.05. The van der Waals surface area contributed by atoms with E-state index in [0.717, 1.165) is 34.7 Å². The van der Waals surface area contributed by atoms with E-state index in [0.29, 0.717) is 0 Å². The van der Waals surface area contributed by atoms with Crippen LogP contribution in [0.15, 0.2) is 52.3 Å². The summed E-state index contributed by atoms with van der Waals surface area (Å²) in [4.78, 5) is 0.954. The van der Waals surface area contributed by atoms with E-state index in [1.165, 1.54) is 19.2 Å². The Bertz CT molecular complexity index is 606. The maximum atomic E-state index is 13.1. The van der Waals surface area contributed by atoms with Gasteiger partial charge in [0.1, 0.15) is 5.75 Å². The first-order valence-electron chi connectivity index (χ1n) is 6.46. The van der Waals surface area contributed by atoms with Gasteiger partial charge in [0.05, 0.1) is 12.7 Å². The van der Waals surface area contributed by atoms with E-state index in [2.05, 4.69) is 0 Å². The van der Waals surface area contributed by atoms with E-state index in [1.807, 2.05) is 31.2 Å². The molecule has 0 radical (unpaired) electrons. The Morgan fingerprint density at radius 3 is 2.24 bits per heavy atom. The second-order valence-electron chi connectivity index (χ2n) is 4.46. The van der Waals surface area contributed by atoms with Gasteiger partial charge in [-0.05, 0) is 42.3 Å². The molecule has 2 rings (SSSR count). The van der Waals surface area contributed by atoms with Crippen molar-refractivity contribution in [2.75, 3.05) is 7.11 Å². The molecule has 0 unspecified atom stereocenters. The average Bonchev–Trinajstić information content (AvgIpc) is 2.47. The van der Waals surface area contributed by atoms with Gasteiger partial charge >= 0.3 is 6.18 Å². The minimum absolute atomic E-state index is 0.174. The Balaban J connectivity index is 2.34. The molecule has 0 bridgehead atoms. The normalized spacial score (nSPS) is 11.5. The van der Waals surface area contributed by atoms with Gasteiger partial charge < -0.3 is 4.74 Å². The summed E-state index contributed by atoms with van der Waals surface area (Å²) in [6, 6.07) is 11.6. The molecule has 21 heavy (non-hydrogen) atoms. The molecule has 0 fully saturated rings. The Kier molecular flexibility index (Phi) is 4.83. The van der Waals surface area contributed by atoms with Gasteiger partial charge in [-0.2, -0.15) is 13.2 Å². The number of hydrogen-bond donors (Lipinski definition) is 0. The fraction of sp³-hybridized carbons (Fsp3) is 0.250. The van der Waals surface area contributed by atoms with Crippen LogP contribution in [0.1, 0.15) is 18.1 Å². The number of aryl methyl sites for hydroxylation is 1. The number of rotatable bonds is 4. The molecule has 5 heteroatoms. The molecule has 0 saturated carbocycles. The lowest BCUT2D eigenvalue weighted by atomic mass is 10.2. The fourth-order valence-corrected chi connectivity index (χ4v) is 2.81. The number of methoxy groups -OCH3 is 1. The third-order valence-corrected chi connectivity index (χ3v) is 4.14. The van der Waals surface area contributed by atoms with Gasteiger partial charge in [-0.3, -0.25) is 0 Å². The fourth-order valence-electron chi connectivity index (χ4n) is 1.87. The van der Waals surface area contributed by atoms with Crippen molar-refractivity contribution in [1.29, 1.82) is 0 Å². The van der Waals surface area contributed by atoms with Crippen LogP contribution in [0.2, 0.25) is 0 Å². The van der Waals surface area contributed by atoms with Gasteiger partial charge in [0.25, 0.3) is 0 Å². The molecule has 1 nitrogen and oxygen atoms in total. The van der Waals surface area contributed by atoms with Crippen molar-refractivity contribution in [3.05, 3.63) is 53.6 Å². The Hall–Kier alpha value is -1.62. The van der Waals surface area contributed by atoms with Crippen LogP contribution >= 0.6 is 11.8 Å². The third kappa shape index (κ3) is 3.94. The molecule has 0 saturated heterocycles. The van der Waals surface area contributed by atoms with Gasteiger partial charge in [-0.25, -0.2) is 0 Å². The van der Waals surface area contributed by atoms with Gasteiger partial charge in [0, 0.05) is 9.79 Å². The zero-order valence-electron chi connectivity index (χ0n) is 11.7. The number of ether oxygens (including phenoxy) is 1. The van der Waals surface area contributed by atoms with Crippen LogP contribution in [0.4, 0.5) is 13.2 Å². The quantitative estimate of drug-likeness (QED) is 0.744. The van der Waals surface area contributed by atoms with Crippen molar-refractivity contribution in [3.8, 4) is 5.75 Å². The molecular weight excluding hydrogens is 297 g/mol. The number of benzene rings is 2. The Morgan fingerprint density at radius 2 is 1.71 bits per heavy atom. The summed E-state index contributed by atoms with van der Waals surface area (Å²) >= 11 is 1.10. The SMILES string of the molecule is CCc1ccc(Sc2ccc(OC)cc2C(F)(F)F)cc1.